The summed E-state index contributed by atoms with van der Waals surface area (Å²) in [6.07, 6.45) is 6.73. The molecule has 94 valence electrons. The van der Waals surface area contributed by atoms with Gasteiger partial charge in [0, 0.05) is 16.8 Å². The van der Waals surface area contributed by atoms with Crippen LogP contribution in [0.15, 0.2) is 17.5 Å². The van der Waals surface area contributed by atoms with Gasteiger partial charge in [-0.05, 0) is 43.7 Å². The molecule has 2 fully saturated rings. The van der Waals surface area contributed by atoms with Gasteiger partial charge in [0.25, 0.3) is 0 Å². The number of aliphatic hydroxyl groups is 1. The monoisotopic (exact) mass is 251 g/mol. The second kappa shape index (κ2) is 4.71. The Morgan fingerprint density at radius 3 is 3.18 bits per heavy atom. The Bertz CT molecular complexity index is 360. The van der Waals surface area contributed by atoms with E-state index in [1.54, 1.807) is 0 Å². The van der Waals surface area contributed by atoms with Crippen LogP contribution in [-0.2, 0) is 6.42 Å². The van der Waals surface area contributed by atoms with E-state index in [1.807, 2.05) is 11.3 Å². The van der Waals surface area contributed by atoms with Crippen molar-refractivity contribution in [3.05, 3.63) is 22.4 Å². The van der Waals surface area contributed by atoms with Gasteiger partial charge >= 0.3 is 0 Å². The van der Waals surface area contributed by atoms with Gasteiger partial charge < -0.3 is 10.4 Å². The van der Waals surface area contributed by atoms with E-state index in [9.17, 15) is 5.11 Å². The van der Waals surface area contributed by atoms with Crippen LogP contribution in [0.2, 0.25) is 0 Å². The minimum absolute atomic E-state index is 0.370. The maximum Gasteiger partial charge on any atom is 0.0702 e. The number of fused-ring (bicyclic) bond motifs is 1. The number of hydrogen-bond donors (Lipinski definition) is 2. The average Bonchev–Trinajstić information content (AvgIpc) is 2.81. The van der Waals surface area contributed by atoms with Crippen LogP contribution in [0.1, 0.15) is 37.0 Å². The Labute approximate surface area is 107 Å². The van der Waals surface area contributed by atoms with Gasteiger partial charge in [-0.1, -0.05) is 18.9 Å². The summed E-state index contributed by atoms with van der Waals surface area (Å²) in [7, 11) is 0. The molecular formula is C14H21NOS. The van der Waals surface area contributed by atoms with Gasteiger partial charge in [0.15, 0.2) is 0 Å². The van der Waals surface area contributed by atoms with Crippen molar-refractivity contribution in [1.29, 1.82) is 0 Å². The quantitative estimate of drug-likeness (QED) is 0.847. The first-order valence-corrected chi connectivity index (χ1v) is 7.64. The standard InChI is InChI=1S/C14H21NOS/c16-14-6-2-1-5-12(14)13(15-8-7-14)10-11-4-3-9-17-11/h3-4,9,12-13,15-16H,1-2,5-8,10H2. The topological polar surface area (TPSA) is 32.3 Å². The number of rotatable bonds is 2. The lowest BCUT2D eigenvalue weighted by Crippen LogP contribution is -2.58. The van der Waals surface area contributed by atoms with E-state index in [0.29, 0.717) is 12.0 Å². The van der Waals surface area contributed by atoms with E-state index >= 15 is 0 Å². The molecule has 1 aliphatic heterocycles. The van der Waals surface area contributed by atoms with E-state index < -0.39 is 0 Å². The number of nitrogens with one attached hydrogen (secondary N) is 1. The summed E-state index contributed by atoms with van der Waals surface area (Å²) in [6, 6.07) is 4.81. The molecule has 2 aliphatic rings. The number of piperidine rings is 1. The zero-order valence-electron chi connectivity index (χ0n) is 10.2. The highest BCUT2D eigenvalue weighted by atomic mass is 32.1. The molecule has 2 N–H and O–H groups in total. The molecule has 2 nitrogen and oxygen atoms in total. The molecule has 0 aromatic carbocycles. The fourth-order valence-electron chi connectivity index (χ4n) is 3.61. The van der Waals surface area contributed by atoms with E-state index in [1.165, 1.54) is 24.1 Å². The van der Waals surface area contributed by atoms with Gasteiger partial charge in [-0.15, -0.1) is 11.3 Å². The average molecular weight is 251 g/mol. The van der Waals surface area contributed by atoms with Gasteiger partial charge in [-0.2, -0.15) is 0 Å². The summed E-state index contributed by atoms with van der Waals surface area (Å²) >= 11 is 1.83. The van der Waals surface area contributed by atoms with E-state index in [2.05, 4.69) is 22.8 Å². The lowest BCUT2D eigenvalue weighted by atomic mass is 9.67. The summed E-state index contributed by atoms with van der Waals surface area (Å²) in [5.41, 5.74) is -0.370. The van der Waals surface area contributed by atoms with E-state index in [-0.39, 0.29) is 5.60 Å². The van der Waals surface area contributed by atoms with E-state index in [0.717, 1.165) is 25.8 Å². The normalized spacial score (nSPS) is 37.7. The van der Waals surface area contributed by atoms with E-state index in [4.69, 9.17) is 0 Å². The summed E-state index contributed by atoms with van der Waals surface area (Å²) in [4.78, 5) is 1.44. The van der Waals surface area contributed by atoms with Crippen LogP contribution in [0, 0.1) is 5.92 Å². The van der Waals surface area contributed by atoms with Gasteiger partial charge in [-0.3, -0.25) is 0 Å². The Hall–Kier alpha value is -0.380. The van der Waals surface area contributed by atoms with Gasteiger partial charge in [0.1, 0.15) is 0 Å². The Morgan fingerprint density at radius 1 is 1.41 bits per heavy atom. The molecule has 0 spiro atoms. The molecule has 1 saturated carbocycles. The molecule has 1 aliphatic carbocycles. The van der Waals surface area contributed by atoms with Crippen LogP contribution in [-0.4, -0.2) is 23.3 Å². The van der Waals surface area contributed by atoms with Crippen molar-refractivity contribution in [3.63, 3.8) is 0 Å². The Balaban J connectivity index is 1.75. The molecule has 3 atom stereocenters. The van der Waals surface area contributed by atoms with Crippen molar-refractivity contribution in [2.75, 3.05) is 6.54 Å². The lowest BCUT2D eigenvalue weighted by Gasteiger charge is -2.48. The predicted octanol–water partition coefficient (Wildman–Crippen LogP) is 2.57. The first kappa shape index (κ1) is 11.7. The van der Waals surface area contributed by atoms with Crippen molar-refractivity contribution in [2.45, 2.75) is 50.2 Å². The third kappa shape index (κ3) is 2.28. The molecule has 1 saturated heterocycles. The van der Waals surface area contributed by atoms with Gasteiger partial charge in [0.05, 0.1) is 5.60 Å². The van der Waals surface area contributed by atoms with Crippen molar-refractivity contribution >= 4 is 11.3 Å². The highest BCUT2D eigenvalue weighted by molar-refractivity contribution is 7.09. The fourth-order valence-corrected chi connectivity index (χ4v) is 4.38. The van der Waals surface area contributed by atoms with Crippen LogP contribution in [0.25, 0.3) is 0 Å². The maximum absolute atomic E-state index is 10.8. The molecule has 1 aromatic rings. The Kier molecular flexibility index (Phi) is 3.24. The van der Waals surface area contributed by atoms with Gasteiger partial charge in [-0.25, -0.2) is 0 Å². The fraction of sp³-hybridized carbons (Fsp3) is 0.714. The lowest BCUT2D eigenvalue weighted by molar-refractivity contribution is -0.0849. The third-order valence-electron chi connectivity index (χ3n) is 4.52. The van der Waals surface area contributed by atoms with Crippen molar-refractivity contribution in [2.24, 2.45) is 5.92 Å². The highest BCUT2D eigenvalue weighted by Crippen LogP contribution is 2.41. The first-order chi connectivity index (χ1) is 8.28. The molecule has 0 amide bonds. The summed E-state index contributed by atoms with van der Waals surface area (Å²) < 4.78 is 0. The first-order valence-electron chi connectivity index (χ1n) is 6.76. The minimum Gasteiger partial charge on any atom is -0.389 e. The molecule has 2 heterocycles. The molecule has 1 aromatic heterocycles. The molecule has 0 radical (unpaired) electrons. The molecule has 3 heteroatoms. The third-order valence-corrected chi connectivity index (χ3v) is 5.42. The molecule has 17 heavy (non-hydrogen) atoms. The predicted molar refractivity (Wildman–Crippen MR) is 71.3 cm³/mol. The highest BCUT2D eigenvalue weighted by Gasteiger charge is 2.45. The summed E-state index contributed by atoms with van der Waals surface area (Å²) in [5.74, 6) is 0.465. The number of hydrogen-bond acceptors (Lipinski definition) is 3. The van der Waals surface area contributed by atoms with Crippen LogP contribution in [0.4, 0.5) is 0 Å². The van der Waals surface area contributed by atoms with Crippen molar-refractivity contribution in [3.8, 4) is 0 Å². The van der Waals surface area contributed by atoms with Crippen molar-refractivity contribution < 1.29 is 5.11 Å². The summed E-state index contributed by atoms with van der Waals surface area (Å²) in [6.45, 7) is 0.975. The Morgan fingerprint density at radius 2 is 2.35 bits per heavy atom. The largest absolute Gasteiger partial charge is 0.389 e. The van der Waals surface area contributed by atoms with Crippen LogP contribution < -0.4 is 5.32 Å². The van der Waals surface area contributed by atoms with Crippen molar-refractivity contribution in [1.82, 2.24) is 5.32 Å². The maximum atomic E-state index is 10.8. The minimum atomic E-state index is -0.370. The second-order valence-corrected chi connectivity index (χ2v) is 6.58. The van der Waals surface area contributed by atoms with Gasteiger partial charge in [0.2, 0.25) is 0 Å². The zero-order chi connectivity index (χ0) is 11.7. The second-order valence-electron chi connectivity index (χ2n) is 5.55. The molecule has 3 rings (SSSR count). The summed E-state index contributed by atoms with van der Waals surface area (Å²) in [5, 5.41) is 16.5. The molecule has 3 unspecified atom stereocenters. The molecular weight excluding hydrogens is 230 g/mol. The zero-order valence-corrected chi connectivity index (χ0v) is 11.0. The number of thiophene rings is 1. The smallest absolute Gasteiger partial charge is 0.0702 e. The SMILES string of the molecule is OC12CCCCC1C(Cc1cccs1)NCC2. The van der Waals surface area contributed by atoms with Crippen LogP contribution >= 0.6 is 11.3 Å². The van der Waals surface area contributed by atoms with Crippen LogP contribution in [0.3, 0.4) is 0 Å². The molecule has 0 bridgehead atoms. The van der Waals surface area contributed by atoms with Crippen LogP contribution in [0.5, 0.6) is 0 Å².